The van der Waals surface area contributed by atoms with Crippen molar-refractivity contribution in [2.45, 2.75) is 30.3 Å². The molecule has 1 N–H and O–H groups in total. The van der Waals surface area contributed by atoms with Crippen LogP contribution < -0.4 is 0 Å². The molecule has 0 aliphatic carbocycles. The smallest absolute Gasteiger partial charge is 0.333 e. The second kappa shape index (κ2) is 9.31. The van der Waals surface area contributed by atoms with E-state index < -0.39 is 28.1 Å². The third-order valence-electron chi connectivity index (χ3n) is 5.66. The maximum atomic E-state index is 14.0. The van der Waals surface area contributed by atoms with E-state index >= 15 is 0 Å². The molecule has 1 heterocycles. The standard InChI is InChI=1S/C25H21Cl2NO4S/c1-16-8-10-21(11-9-16)33(31,32)28-23(17-4-2-6-19(26)14-17)13-12-22(25(29)30)24(28)18-5-3-7-20(27)15-18/h2-12,14-15,23-24H,13H2,1H3,(H,29,30)/t23-,24-/m0/s1. The third kappa shape index (κ3) is 4.70. The van der Waals surface area contributed by atoms with E-state index in [-0.39, 0.29) is 16.9 Å². The summed E-state index contributed by atoms with van der Waals surface area (Å²) in [6, 6.07) is 18.3. The molecule has 0 amide bonds. The Morgan fingerprint density at radius 1 is 0.939 bits per heavy atom. The Morgan fingerprint density at radius 2 is 1.52 bits per heavy atom. The van der Waals surface area contributed by atoms with E-state index in [0.29, 0.717) is 21.2 Å². The van der Waals surface area contributed by atoms with Gasteiger partial charge < -0.3 is 5.11 Å². The Labute approximate surface area is 202 Å². The summed E-state index contributed by atoms with van der Waals surface area (Å²) in [7, 11) is -4.12. The van der Waals surface area contributed by atoms with Crippen molar-refractivity contribution in [3.8, 4) is 0 Å². The number of sulfonamides is 1. The lowest BCUT2D eigenvalue weighted by molar-refractivity contribution is -0.133. The van der Waals surface area contributed by atoms with E-state index in [0.717, 1.165) is 5.56 Å². The Hall–Kier alpha value is -2.64. The van der Waals surface area contributed by atoms with Crippen LogP contribution in [0.25, 0.3) is 0 Å². The minimum Gasteiger partial charge on any atom is -0.478 e. The van der Waals surface area contributed by atoms with Crippen LogP contribution in [0.2, 0.25) is 10.0 Å². The van der Waals surface area contributed by atoms with Gasteiger partial charge in [-0.2, -0.15) is 4.31 Å². The summed E-state index contributed by atoms with van der Waals surface area (Å²) >= 11 is 12.4. The topological polar surface area (TPSA) is 74.7 Å². The monoisotopic (exact) mass is 501 g/mol. The van der Waals surface area contributed by atoms with Gasteiger partial charge in [0.2, 0.25) is 10.0 Å². The molecule has 1 aliphatic heterocycles. The normalized spacial score (nSPS) is 19.2. The molecule has 8 heteroatoms. The van der Waals surface area contributed by atoms with Gasteiger partial charge >= 0.3 is 5.97 Å². The lowest BCUT2D eigenvalue weighted by Gasteiger charge is -2.40. The number of carbonyl (C=O) groups is 1. The van der Waals surface area contributed by atoms with Gasteiger partial charge in [-0.1, -0.05) is 71.2 Å². The van der Waals surface area contributed by atoms with E-state index in [9.17, 15) is 18.3 Å². The molecule has 0 unspecified atom stereocenters. The fourth-order valence-electron chi connectivity index (χ4n) is 4.11. The van der Waals surface area contributed by atoms with Crippen molar-refractivity contribution in [1.82, 2.24) is 4.31 Å². The zero-order valence-corrected chi connectivity index (χ0v) is 20.0. The molecule has 0 radical (unpaired) electrons. The van der Waals surface area contributed by atoms with Crippen LogP contribution in [-0.2, 0) is 14.8 Å². The largest absolute Gasteiger partial charge is 0.478 e. The highest BCUT2D eigenvalue weighted by molar-refractivity contribution is 7.89. The Morgan fingerprint density at radius 3 is 2.09 bits per heavy atom. The minimum atomic E-state index is -4.12. The van der Waals surface area contributed by atoms with Crippen LogP contribution in [0.3, 0.4) is 0 Å². The van der Waals surface area contributed by atoms with Crippen LogP contribution in [0.15, 0.2) is 89.3 Å². The predicted octanol–water partition coefficient (Wildman–Crippen LogP) is 6.19. The van der Waals surface area contributed by atoms with Gasteiger partial charge in [0.1, 0.15) is 0 Å². The molecule has 1 aliphatic rings. The van der Waals surface area contributed by atoms with Crippen LogP contribution in [0.1, 0.15) is 35.2 Å². The molecular weight excluding hydrogens is 481 g/mol. The van der Waals surface area contributed by atoms with Gasteiger partial charge in [-0.05, 0) is 60.9 Å². The van der Waals surface area contributed by atoms with Gasteiger partial charge in [0, 0.05) is 10.0 Å². The fourth-order valence-corrected chi connectivity index (χ4v) is 6.29. The maximum Gasteiger partial charge on any atom is 0.333 e. The summed E-state index contributed by atoms with van der Waals surface area (Å²) in [5, 5.41) is 10.8. The van der Waals surface area contributed by atoms with Crippen LogP contribution in [0, 0.1) is 6.92 Å². The summed E-state index contributed by atoms with van der Waals surface area (Å²) < 4.78 is 29.4. The van der Waals surface area contributed by atoms with Crippen LogP contribution in [0.4, 0.5) is 0 Å². The van der Waals surface area contributed by atoms with E-state index in [1.165, 1.54) is 16.4 Å². The molecule has 3 aromatic carbocycles. The zero-order valence-electron chi connectivity index (χ0n) is 17.7. The second-order valence-electron chi connectivity index (χ2n) is 7.88. The first-order valence-corrected chi connectivity index (χ1v) is 12.4. The van der Waals surface area contributed by atoms with Crippen molar-refractivity contribution in [3.63, 3.8) is 0 Å². The number of halogens is 2. The molecule has 0 saturated carbocycles. The molecule has 170 valence electrons. The molecule has 3 aromatic rings. The van der Waals surface area contributed by atoms with Crippen molar-refractivity contribution < 1.29 is 18.3 Å². The summed E-state index contributed by atoms with van der Waals surface area (Å²) in [6.07, 6.45) is 1.77. The number of aliphatic carboxylic acids is 1. The number of benzene rings is 3. The Balaban J connectivity index is 1.98. The molecule has 0 aromatic heterocycles. The molecule has 0 bridgehead atoms. The minimum absolute atomic E-state index is 0.0220. The average Bonchev–Trinajstić information content (AvgIpc) is 2.78. The number of rotatable bonds is 5. The molecule has 4 rings (SSSR count). The maximum absolute atomic E-state index is 14.0. The van der Waals surface area contributed by atoms with Crippen LogP contribution in [-0.4, -0.2) is 23.8 Å². The zero-order chi connectivity index (χ0) is 23.8. The quantitative estimate of drug-likeness (QED) is 0.452. The predicted molar refractivity (Wildman–Crippen MR) is 129 cm³/mol. The van der Waals surface area contributed by atoms with Crippen LogP contribution in [0.5, 0.6) is 0 Å². The lowest BCUT2D eigenvalue weighted by atomic mass is 9.89. The van der Waals surface area contributed by atoms with Gasteiger partial charge in [0.15, 0.2) is 0 Å². The molecular formula is C25H21Cl2NO4S. The first-order valence-electron chi connectivity index (χ1n) is 10.2. The van der Waals surface area contributed by atoms with Crippen molar-refractivity contribution in [3.05, 3.63) is 111 Å². The molecule has 0 saturated heterocycles. The highest BCUT2D eigenvalue weighted by atomic mass is 35.5. The molecule has 0 fully saturated rings. The van der Waals surface area contributed by atoms with Gasteiger partial charge in [-0.3, -0.25) is 0 Å². The SMILES string of the molecule is Cc1ccc(S(=O)(=O)N2[C@@H](c3cccc(Cl)c3)C(C(=O)O)=CC[C@H]2c2cccc(Cl)c2)cc1. The van der Waals surface area contributed by atoms with Crippen molar-refractivity contribution in [2.75, 3.05) is 0 Å². The molecule has 2 atom stereocenters. The Kier molecular flexibility index (Phi) is 6.64. The fraction of sp³-hybridized carbons (Fsp3) is 0.160. The summed E-state index contributed by atoms with van der Waals surface area (Å²) in [5.74, 6) is -1.19. The van der Waals surface area contributed by atoms with Gasteiger partial charge in [0.25, 0.3) is 0 Å². The first kappa shape index (κ1) is 23.5. The summed E-state index contributed by atoms with van der Waals surface area (Å²) in [4.78, 5) is 12.3. The molecule has 33 heavy (non-hydrogen) atoms. The number of carboxylic acids is 1. The van der Waals surface area contributed by atoms with Gasteiger partial charge in [-0.25, -0.2) is 13.2 Å². The van der Waals surface area contributed by atoms with Gasteiger partial charge in [0.05, 0.1) is 22.6 Å². The van der Waals surface area contributed by atoms with Gasteiger partial charge in [-0.15, -0.1) is 0 Å². The third-order valence-corrected chi connectivity index (χ3v) is 8.02. The van der Waals surface area contributed by atoms with Crippen molar-refractivity contribution in [2.24, 2.45) is 0 Å². The number of hydrogen-bond donors (Lipinski definition) is 1. The summed E-state index contributed by atoms with van der Waals surface area (Å²) in [6.45, 7) is 1.87. The van der Waals surface area contributed by atoms with Crippen molar-refractivity contribution >= 4 is 39.2 Å². The number of aryl methyl sites for hydroxylation is 1. The van der Waals surface area contributed by atoms with E-state index in [4.69, 9.17) is 23.2 Å². The van der Waals surface area contributed by atoms with E-state index in [1.807, 2.05) is 6.92 Å². The average molecular weight is 502 g/mol. The highest BCUT2D eigenvalue weighted by Gasteiger charge is 2.44. The van der Waals surface area contributed by atoms with E-state index in [1.54, 1.807) is 66.7 Å². The van der Waals surface area contributed by atoms with Crippen LogP contribution >= 0.6 is 23.2 Å². The van der Waals surface area contributed by atoms with Crippen molar-refractivity contribution in [1.29, 1.82) is 0 Å². The lowest BCUT2D eigenvalue weighted by Crippen LogP contribution is -2.42. The second-order valence-corrected chi connectivity index (χ2v) is 10.6. The van der Waals surface area contributed by atoms with E-state index in [2.05, 4.69) is 0 Å². The molecule has 5 nitrogen and oxygen atoms in total. The Bertz CT molecular complexity index is 1340. The number of nitrogens with zero attached hydrogens (tertiary/aromatic N) is 1. The summed E-state index contributed by atoms with van der Waals surface area (Å²) in [5.41, 5.74) is 2.03. The number of carboxylic acid groups (broad SMARTS) is 1. The first-order chi connectivity index (χ1) is 15.7. The highest BCUT2D eigenvalue weighted by Crippen LogP contribution is 2.46. The molecule has 0 spiro atoms. The number of hydrogen-bond acceptors (Lipinski definition) is 3.